The van der Waals surface area contributed by atoms with E-state index in [4.69, 9.17) is 9.90 Å². The van der Waals surface area contributed by atoms with E-state index in [1.54, 1.807) is 12.3 Å². The Hall–Kier alpha value is -2.63. The van der Waals surface area contributed by atoms with Crippen LogP contribution in [0.3, 0.4) is 0 Å². The lowest BCUT2D eigenvalue weighted by Gasteiger charge is -2.52. The second-order valence-corrected chi connectivity index (χ2v) is 8.03. The number of aliphatic carboxylic acids is 1. The van der Waals surface area contributed by atoms with Crippen molar-refractivity contribution >= 4 is 17.8 Å². The van der Waals surface area contributed by atoms with Crippen LogP contribution in [0.5, 0.6) is 0 Å². The van der Waals surface area contributed by atoms with Crippen molar-refractivity contribution < 1.29 is 32.7 Å². The van der Waals surface area contributed by atoms with Gasteiger partial charge in [0.2, 0.25) is 5.91 Å². The standard InChI is InChI=1S/C17H27N5O2.C2HF3O2/c1-20(2)11-12-22-15(23)5-3-7-17(22)8-4-10-21(13-17)16(24)14-6-9-18-19-14;3-2(4,5)1(6)7/h6,9H,3-5,7-8,10-13H2,1-2H3,(H,18,19);(H,6,7). The molecule has 0 aliphatic carbocycles. The molecule has 2 N–H and O–H groups in total. The van der Waals surface area contributed by atoms with Gasteiger partial charge >= 0.3 is 12.1 Å². The summed E-state index contributed by atoms with van der Waals surface area (Å²) < 4.78 is 31.7. The molecule has 3 rings (SSSR count). The Kier molecular flexibility index (Phi) is 8.04. The van der Waals surface area contributed by atoms with Gasteiger partial charge in [0.05, 0.1) is 5.54 Å². The fourth-order valence-electron chi connectivity index (χ4n) is 4.02. The van der Waals surface area contributed by atoms with Gasteiger partial charge in [-0.1, -0.05) is 0 Å². The van der Waals surface area contributed by atoms with Gasteiger partial charge in [0, 0.05) is 38.8 Å². The number of carbonyl (C=O) groups is 3. The molecule has 0 radical (unpaired) electrons. The molecule has 1 unspecified atom stereocenters. The number of likely N-dealkylation sites (tertiary alicyclic amines) is 2. The van der Waals surface area contributed by atoms with Crippen molar-refractivity contribution in [1.29, 1.82) is 0 Å². The first-order chi connectivity index (χ1) is 14.5. The summed E-state index contributed by atoms with van der Waals surface area (Å²) in [6, 6.07) is 1.71. The number of aromatic amines is 1. The summed E-state index contributed by atoms with van der Waals surface area (Å²) in [6.45, 7) is 2.96. The van der Waals surface area contributed by atoms with Gasteiger partial charge in [-0.3, -0.25) is 14.7 Å². The highest BCUT2D eigenvalue weighted by Crippen LogP contribution is 2.37. The molecule has 2 amide bonds. The Bertz CT molecular complexity index is 765. The van der Waals surface area contributed by atoms with Crippen molar-refractivity contribution in [1.82, 2.24) is 24.9 Å². The molecule has 1 aromatic rings. The predicted octanol–water partition coefficient (Wildman–Crippen LogP) is 1.59. The maximum absolute atomic E-state index is 12.7. The summed E-state index contributed by atoms with van der Waals surface area (Å²) >= 11 is 0. The van der Waals surface area contributed by atoms with Crippen molar-refractivity contribution in [2.75, 3.05) is 40.3 Å². The van der Waals surface area contributed by atoms with E-state index in [0.717, 1.165) is 45.3 Å². The van der Waals surface area contributed by atoms with E-state index >= 15 is 0 Å². The molecule has 2 saturated heterocycles. The highest BCUT2D eigenvalue weighted by Gasteiger charge is 2.46. The summed E-state index contributed by atoms with van der Waals surface area (Å²) in [7, 11) is 4.05. The predicted molar refractivity (Wildman–Crippen MR) is 104 cm³/mol. The van der Waals surface area contributed by atoms with Gasteiger partial charge in [0.1, 0.15) is 5.69 Å². The van der Waals surface area contributed by atoms with Gasteiger partial charge in [-0.05, 0) is 45.8 Å². The van der Waals surface area contributed by atoms with Crippen molar-refractivity contribution in [3.63, 3.8) is 0 Å². The van der Waals surface area contributed by atoms with E-state index in [-0.39, 0.29) is 17.4 Å². The van der Waals surface area contributed by atoms with Crippen LogP contribution in [0.25, 0.3) is 0 Å². The molecule has 174 valence electrons. The number of hydrogen-bond donors (Lipinski definition) is 2. The molecule has 0 saturated carbocycles. The second kappa shape index (κ2) is 10.1. The summed E-state index contributed by atoms with van der Waals surface area (Å²) in [6.07, 6.45) is 0.969. The third-order valence-corrected chi connectivity index (χ3v) is 5.49. The minimum absolute atomic E-state index is 0.0165. The number of carbonyl (C=O) groups excluding carboxylic acids is 2. The van der Waals surface area contributed by atoms with Crippen LogP contribution < -0.4 is 0 Å². The average Bonchev–Trinajstić information content (AvgIpc) is 3.21. The molecule has 0 aromatic carbocycles. The van der Waals surface area contributed by atoms with Crippen LogP contribution in [0.4, 0.5) is 13.2 Å². The maximum atomic E-state index is 12.7. The van der Waals surface area contributed by atoms with Gasteiger partial charge in [0.25, 0.3) is 5.91 Å². The van der Waals surface area contributed by atoms with Crippen LogP contribution >= 0.6 is 0 Å². The Balaban J connectivity index is 0.000000423. The van der Waals surface area contributed by atoms with E-state index in [0.29, 0.717) is 18.7 Å². The quantitative estimate of drug-likeness (QED) is 0.726. The van der Waals surface area contributed by atoms with Crippen LogP contribution in [0, 0.1) is 0 Å². The van der Waals surface area contributed by atoms with Crippen LogP contribution in [-0.4, -0.2) is 99.8 Å². The van der Waals surface area contributed by atoms with Crippen LogP contribution in [0.2, 0.25) is 0 Å². The van der Waals surface area contributed by atoms with Gasteiger partial charge in [-0.25, -0.2) is 4.79 Å². The van der Waals surface area contributed by atoms with Crippen LogP contribution in [0.1, 0.15) is 42.6 Å². The first kappa shape index (κ1) is 24.6. The maximum Gasteiger partial charge on any atom is 0.490 e. The fourth-order valence-corrected chi connectivity index (χ4v) is 4.02. The van der Waals surface area contributed by atoms with Crippen LogP contribution in [-0.2, 0) is 9.59 Å². The average molecular weight is 447 g/mol. The van der Waals surface area contributed by atoms with Crippen molar-refractivity contribution in [2.45, 2.75) is 43.8 Å². The van der Waals surface area contributed by atoms with E-state index in [1.165, 1.54) is 0 Å². The van der Waals surface area contributed by atoms with Gasteiger partial charge in [-0.15, -0.1) is 0 Å². The first-order valence-corrected chi connectivity index (χ1v) is 10.0. The van der Waals surface area contributed by atoms with Crippen LogP contribution in [0.15, 0.2) is 12.3 Å². The van der Waals surface area contributed by atoms with E-state index in [1.807, 2.05) is 19.0 Å². The molecular formula is C19H28F3N5O4. The van der Waals surface area contributed by atoms with Crippen molar-refractivity contribution in [3.05, 3.63) is 18.0 Å². The monoisotopic (exact) mass is 447 g/mol. The topological polar surface area (TPSA) is 110 Å². The molecular weight excluding hydrogens is 419 g/mol. The SMILES string of the molecule is CN(C)CCN1C(=O)CCCC12CCCN(C(=O)c1ccn[nH]1)C2.O=C(O)C(F)(F)F. The number of amides is 2. The number of piperidine rings is 2. The molecule has 1 spiro atoms. The largest absolute Gasteiger partial charge is 0.490 e. The Morgan fingerprint density at radius 3 is 2.48 bits per heavy atom. The summed E-state index contributed by atoms with van der Waals surface area (Å²) in [4.78, 5) is 40.2. The molecule has 31 heavy (non-hydrogen) atoms. The summed E-state index contributed by atoms with van der Waals surface area (Å²) in [5.74, 6) is -2.54. The van der Waals surface area contributed by atoms with Gasteiger partial charge in [0.15, 0.2) is 0 Å². The number of H-pyrrole nitrogens is 1. The third-order valence-electron chi connectivity index (χ3n) is 5.49. The molecule has 12 heteroatoms. The zero-order valence-corrected chi connectivity index (χ0v) is 17.6. The Morgan fingerprint density at radius 1 is 1.29 bits per heavy atom. The van der Waals surface area contributed by atoms with Gasteiger partial charge in [-0.2, -0.15) is 18.3 Å². The molecule has 2 aliphatic heterocycles. The number of carboxylic acid groups (broad SMARTS) is 1. The molecule has 2 fully saturated rings. The highest BCUT2D eigenvalue weighted by atomic mass is 19.4. The zero-order valence-electron chi connectivity index (χ0n) is 17.6. The first-order valence-electron chi connectivity index (χ1n) is 10.0. The van der Waals surface area contributed by atoms with E-state index < -0.39 is 12.1 Å². The lowest BCUT2D eigenvalue weighted by molar-refractivity contribution is -0.192. The number of hydrogen-bond acceptors (Lipinski definition) is 5. The van der Waals surface area contributed by atoms with E-state index in [2.05, 4.69) is 20.0 Å². The minimum atomic E-state index is -5.08. The van der Waals surface area contributed by atoms with E-state index in [9.17, 15) is 22.8 Å². The molecule has 9 nitrogen and oxygen atoms in total. The number of nitrogens with zero attached hydrogens (tertiary/aromatic N) is 4. The molecule has 2 aliphatic rings. The van der Waals surface area contributed by atoms with Gasteiger partial charge < -0.3 is 19.8 Å². The molecule has 1 atom stereocenters. The molecule has 0 bridgehead atoms. The minimum Gasteiger partial charge on any atom is -0.475 e. The number of carboxylic acids is 1. The number of alkyl halides is 3. The molecule has 3 heterocycles. The number of likely N-dealkylation sites (N-methyl/N-ethyl adjacent to an activating group) is 1. The highest BCUT2D eigenvalue weighted by molar-refractivity contribution is 5.92. The number of rotatable bonds is 4. The summed E-state index contributed by atoms with van der Waals surface area (Å²) in [5.41, 5.74) is 0.327. The number of nitrogens with one attached hydrogen (secondary N) is 1. The lowest BCUT2D eigenvalue weighted by Crippen LogP contribution is -2.64. The lowest BCUT2D eigenvalue weighted by atomic mass is 9.79. The Morgan fingerprint density at radius 2 is 1.94 bits per heavy atom. The van der Waals surface area contributed by atoms with Crippen molar-refractivity contribution in [2.24, 2.45) is 0 Å². The number of halogens is 3. The summed E-state index contributed by atoms with van der Waals surface area (Å²) in [5, 5.41) is 13.8. The normalized spacial score (nSPS) is 21.8. The fraction of sp³-hybridized carbons (Fsp3) is 0.684. The van der Waals surface area contributed by atoms with Crippen molar-refractivity contribution in [3.8, 4) is 0 Å². The zero-order chi connectivity index (χ0) is 23.2. The smallest absolute Gasteiger partial charge is 0.475 e. The Labute approximate surface area is 178 Å². The number of aromatic nitrogens is 2. The third kappa shape index (κ3) is 6.42. The molecule has 1 aromatic heterocycles. The second-order valence-electron chi connectivity index (χ2n) is 8.03.